The average Bonchev–Trinajstić information content (AvgIpc) is 2.16. The Morgan fingerprint density at radius 1 is 1.53 bits per heavy atom. The molecule has 0 aliphatic carbocycles. The predicted molar refractivity (Wildman–Crippen MR) is 53.7 cm³/mol. The minimum Gasteiger partial charge on any atom is -0.393 e. The van der Waals surface area contributed by atoms with Crippen LogP contribution in [0.5, 0.6) is 0 Å². The Bertz CT molecular complexity index is 387. The zero-order valence-corrected chi connectivity index (χ0v) is 8.21. The van der Waals surface area contributed by atoms with Crippen molar-refractivity contribution in [3.05, 3.63) is 39.9 Å². The molecule has 0 heterocycles. The fourth-order valence-electron chi connectivity index (χ4n) is 1.25. The van der Waals surface area contributed by atoms with E-state index in [9.17, 15) is 14.9 Å². The van der Waals surface area contributed by atoms with Gasteiger partial charge in [-0.25, -0.2) is 0 Å². The van der Waals surface area contributed by atoms with Gasteiger partial charge in [-0.1, -0.05) is 12.1 Å². The lowest BCUT2D eigenvalue weighted by Crippen LogP contribution is -2.11. The van der Waals surface area contributed by atoms with E-state index in [0.717, 1.165) is 0 Å². The minimum atomic E-state index is -0.794. The van der Waals surface area contributed by atoms with Gasteiger partial charge in [-0.3, -0.25) is 14.9 Å². The Morgan fingerprint density at radius 2 is 2.13 bits per heavy atom. The molecule has 1 rings (SSSR count). The van der Waals surface area contributed by atoms with E-state index < -0.39 is 16.8 Å². The summed E-state index contributed by atoms with van der Waals surface area (Å²) in [5.74, 6) is -0.419. The number of nitro groups is 1. The molecule has 0 aliphatic heterocycles. The van der Waals surface area contributed by atoms with Crippen LogP contribution in [0.3, 0.4) is 0 Å². The fourth-order valence-corrected chi connectivity index (χ4v) is 1.25. The van der Waals surface area contributed by atoms with Crippen molar-refractivity contribution >= 4 is 11.5 Å². The number of rotatable bonds is 4. The first-order chi connectivity index (χ1) is 7.02. The largest absolute Gasteiger partial charge is 0.393 e. The quantitative estimate of drug-likeness (QED) is 0.463. The van der Waals surface area contributed by atoms with Crippen LogP contribution in [0.2, 0.25) is 0 Å². The molecule has 1 atom stereocenters. The minimum absolute atomic E-state index is 0.0448. The summed E-state index contributed by atoms with van der Waals surface area (Å²) in [6.07, 6.45) is -0.900. The number of benzene rings is 1. The third-order valence-electron chi connectivity index (χ3n) is 1.88. The number of Topliss-reactive ketones (excluding diaryl/α,β-unsaturated/α-hetero) is 1. The molecule has 5 heteroatoms. The summed E-state index contributed by atoms with van der Waals surface area (Å²) in [7, 11) is 0. The molecule has 0 fully saturated rings. The van der Waals surface area contributed by atoms with E-state index in [1.165, 1.54) is 25.1 Å². The normalized spacial score (nSPS) is 12.1. The molecule has 0 saturated heterocycles. The average molecular weight is 209 g/mol. The van der Waals surface area contributed by atoms with Crippen molar-refractivity contribution in [2.75, 3.05) is 0 Å². The van der Waals surface area contributed by atoms with Crippen molar-refractivity contribution in [1.29, 1.82) is 0 Å². The highest BCUT2D eigenvalue weighted by Crippen LogP contribution is 2.19. The molecule has 1 unspecified atom stereocenters. The molecule has 0 saturated carbocycles. The van der Waals surface area contributed by atoms with Gasteiger partial charge in [0.15, 0.2) is 5.78 Å². The lowest BCUT2D eigenvalue weighted by molar-refractivity contribution is -0.385. The molecule has 0 aromatic heterocycles. The summed E-state index contributed by atoms with van der Waals surface area (Å²) >= 11 is 0. The van der Waals surface area contributed by atoms with Gasteiger partial charge < -0.3 is 5.11 Å². The summed E-state index contributed by atoms with van der Waals surface area (Å²) < 4.78 is 0. The molecule has 15 heavy (non-hydrogen) atoms. The molecule has 0 radical (unpaired) electrons. The van der Waals surface area contributed by atoms with E-state index in [1.807, 2.05) is 0 Å². The third kappa shape index (κ3) is 2.85. The number of hydrogen-bond donors (Lipinski definition) is 1. The second-order valence-corrected chi connectivity index (χ2v) is 3.25. The fraction of sp³-hybridized carbons (Fsp3) is 0.300. The Labute approximate surface area is 86.5 Å². The van der Waals surface area contributed by atoms with E-state index in [4.69, 9.17) is 5.11 Å². The van der Waals surface area contributed by atoms with Gasteiger partial charge in [0.1, 0.15) is 0 Å². The maximum Gasteiger partial charge on any atom is 0.280 e. The number of carbonyl (C=O) groups is 1. The van der Waals surface area contributed by atoms with Gasteiger partial charge in [-0.05, 0) is 13.0 Å². The zero-order valence-electron chi connectivity index (χ0n) is 8.21. The van der Waals surface area contributed by atoms with E-state index in [1.54, 1.807) is 6.07 Å². The molecule has 80 valence electrons. The van der Waals surface area contributed by atoms with Crippen molar-refractivity contribution in [3.8, 4) is 0 Å². The number of hydrogen-bond acceptors (Lipinski definition) is 4. The lowest BCUT2D eigenvalue weighted by Gasteiger charge is -2.03. The van der Waals surface area contributed by atoms with Gasteiger partial charge >= 0.3 is 0 Å². The number of aliphatic hydroxyl groups excluding tert-OH is 1. The first-order valence-corrected chi connectivity index (χ1v) is 4.47. The van der Waals surface area contributed by atoms with Crippen molar-refractivity contribution < 1.29 is 14.8 Å². The van der Waals surface area contributed by atoms with Gasteiger partial charge in [0.2, 0.25) is 0 Å². The molecular formula is C10H11NO4. The molecule has 1 N–H and O–H groups in total. The second-order valence-electron chi connectivity index (χ2n) is 3.25. The molecule has 1 aromatic rings. The van der Waals surface area contributed by atoms with Crippen LogP contribution >= 0.6 is 0 Å². The van der Waals surface area contributed by atoms with E-state index in [2.05, 4.69) is 0 Å². The molecule has 0 amide bonds. The van der Waals surface area contributed by atoms with Crippen LogP contribution in [0, 0.1) is 10.1 Å². The van der Waals surface area contributed by atoms with Crippen LogP contribution in [-0.2, 0) is 0 Å². The highest BCUT2D eigenvalue weighted by atomic mass is 16.6. The Kier molecular flexibility index (Phi) is 3.51. The van der Waals surface area contributed by atoms with Crippen molar-refractivity contribution in [2.45, 2.75) is 19.4 Å². The number of aliphatic hydroxyl groups is 1. The van der Waals surface area contributed by atoms with E-state index in [-0.39, 0.29) is 17.7 Å². The summed E-state index contributed by atoms with van der Waals surface area (Å²) in [6.45, 7) is 1.46. The molecule has 5 nitrogen and oxygen atoms in total. The number of ketones is 1. The topological polar surface area (TPSA) is 80.4 Å². The van der Waals surface area contributed by atoms with Crippen LogP contribution in [0.15, 0.2) is 24.3 Å². The molecule has 0 spiro atoms. The Morgan fingerprint density at radius 3 is 2.67 bits per heavy atom. The standard InChI is InChI=1S/C10H11NO4/c1-7(12)6-10(13)8-4-2-3-5-9(8)11(14)15/h2-5,7,12H,6H2,1H3. The Hall–Kier alpha value is -1.75. The van der Waals surface area contributed by atoms with Gasteiger partial charge in [0.05, 0.1) is 16.6 Å². The highest BCUT2D eigenvalue weighted by molar-refractivity contribution is 5.99. The van der Waals surface area contributed by atoms with E-state index >= 15 is 0 Å². The van der Waals surface area contributed by atoms with Crippen LogP contribution in [-0.4, -0.2) is 21.9 Å². The SMILES string of the molecule is CC(O)CC(=O)c1ccccc1[N+](=O)[O-]. The van der Waals surface area contributed by atoms with Crippen LogP contribution in [0.4, 0.5) is 5.69 Å². The van der Waals surface area contributed by atoms with Crippen LogP contribution in [0.25, 0.3) is 0 Å². The van der Waals surface area contributed by atoms with E-state index in [0.29, 0.717) is 0 Å². The third-order valence-corrected chi connectivity index (χ3v) is 1.88. The van der Waals surface area contributed by atoms with Crippen molar-refractivity contribution in [1.82, 2.24) is 0 Å². The predicted octanol–water partition coefficient (Wildman–Crippen LogP) is 1.55. The summed E-state index contributed by atoms with van der Waals surface area (Å²) in [5, 5.41) is 19.6. The molecular weight excluding hydrogens is 198 g/mol. The van der Waals surface area contributed by atoms with Crippen molar-refractivity contribution in [2.24, 2.45) is 0 Å². The lowest BCUT2D eigenvalue weighted by atomic mass is 10.0. The smallest absolute Gasteiger partial charge is 0.280 e. The molecule has 0 bridgehead atoms. The van der Waals surface area contributed by atoms with Gasteiger partial charge in [0, 0.05) is 12.5 Å². The Balaban J connectivity index is 3.03. The maximum absolute atomic E-state index is 11.5. The van der Waals surface area contributed by atoms with Crippen LogP contribution in [0.1, 0.15) is 23.7 Å². The van der Waals surface area contributed by atoms with Gasteiger partial charge in [-0.15, -0.1) is 0 Å². The highest BCUT2D eigenvalue weighted by Gasteiger charge is 2.19. The van der Waals surface area contributed by atoms with Crippen LogP contribution < -0.4 is 0 Å². The first kappa shape index (κ1) is 11.3. The van der Waals surface area contributed by atoms with Gasteiger partial charge in [-0.2, -0.15) is 0 Å². The first-order valence-electron chi connectivity index (χ1n) is 4.47. The number of nitro benzene ring substituents is 1. The maximum atomic E-state index is 11.5. The van der Waals surface area contributed by atoms with Crippen molar-refractivity contribution in [3.63, 3.8) is 0 Å². The number of carbonyl (C=O) groups excluding carboxylic acids is 1. The number of nitrogens with zero attached hydrogens (tertiary/aromatic N) is 1. The van der Waals surface area contributed by atoms with Gasteiger partial charge in [0.25, 0.3) is 5.69 Å². The molecule has 1 aromatic carbocycles. The molecule has 0 aliphatic rings. The summed E-state index contributed by atoms with van der Waals surface area (Å²) in [5.41, 5.74) is -0.174. The second kappa shape index (κ2) is 4.65. The monoisotopic (exact) mass is 209 g/mol. The number of para-hydroxylation sites is 1. The summed E-state index contributed by atoms with van der Waals surface area (Å²) in [4.78, 5) is 21.5. The summed E-state index contributed by atoms with van der Waals surface area (Å²) in [6, 6.07) is 5.72. The zero-order chi connectivity index (χ0) is 11.4.